The van der Waals surface area contributed by atoms with Crippen LogP contribution >= 0.6 is 0 Å². The first-order valence-corrected chi connectivity index (χ1v) is 8.75. The van der Waals surface area contributed by atoms with Gasteiger partial charge < -0.3 is 15.0 Å². The zero-order valence-electron chi connectivity index (χ0n) is 16.5. The summed E-state index contributed by atoms with van der Waals surface area (Å²) in [5.41, 5.74) is 4.78. The predicted octanol–water partition coefficient (Wildman–Crippen LogP) is 3.73. The Hall–Kier alpha value is -3.08. The van der Waals surface area contributed by atoms with Crippen LogP contribution in [0, 0.1) is 20.8 Å². The fourth-order valence-electron chi connectivity index (χ4n) is 2.64. The van der Waals surface area contributed by atoms with E-state index in [0.717, 1.165) is 27.9 Å². The summed E-state index contributed by atoms with van der Waals surface area (Å²) in [5.74, 6) is 0.204. The van der Waals surface area contributed by atoms with Gasteiger partial charge in [-0.1, -0.05) is 23.8 Å². The normalized spacial score (nSPS) is 10.7. The molecule has 5 nitrogen and oxygen atoms in total. The van der Waals surface area contributed by atoms with E-state index in [1.54, 1.807) is 20.2 Å². The number of methoxy groups -OCH3 is 1. The van der Waals surface area contributed by atoms with Crippen molar-refractivity contribution >= 4 is 23.6 Å². The Morgan fingerprint density at radius 3 is 2.59 bits per heavy atom. The molecule has 0 heterocycles. The molecule has 0 aliphatic carbocycles. The van der Waals surface area contributed by atoms with E-state index in [1.165, 1.54) is 11.0 Å². The van der Waals surface area contributed by atoms with Gasteiger partial charge in [0.15, 0.2) is 0 Å². The molecule has 27 heavy (non-hydrogen) atoms. The average molecular weight is 366 g/mol. The minimum Gasteiger partial charge on any atom is -0.496 e. The van der Waals surface area contributed by atoms with E-state index in [0.29, 0.717) is 5.75 Å². The monoisotopic (exact) mass is 366 g/mol. The molecule has 0 spiro atoms. The molecular formula is C22H26N2O3. The summed E-state index contributed by atoms with van der Waals surface area (Å²) in [7, 11) is 3.19. The molecule has 5 heteroatoms. The summed E-state index contributed by atoms with van der Waals surface area (Å²) in [6, 6.07) is 11.5. The third-order valence-corrected chi connectivity index (χ3v) is 4.43. The van der Waals surface area contributed by atoms with Crippen molar-refractivity contribution < 1.29 is 14.3 Å². The molecule has 1 N–H and O–H groups in total. The number of benzene rings is 2. The molecule has 2 aromatic rings. The van der Waals surface area contributed by atoms with Crippen LogP contribution in [0.4, 0.5) is 5.69 Å². The number of ether oxygens (including phenoxy) is 1. The Labute approximate surface area is 160 Å². The van der Waals surface area contributed by atoms with E-state index in [-0.39, 0.29) is 18.4 Å². The van der Waals surface area contributed by atoms with Crippen molar-refractivity contribution in [2.45, 2.75) is 20.8 Å². The molecule has 0 bridgehead atoms. The van der Waals surface area contributed by atoms with Gasteiger partial charge in [-0.05, 0) is 56.2 Å². The van der Waals surface area contributed by atoms with Crippen molar-refractivity contribution in [3.05, 3.63) is 64.7 Å². The largest absolute Gasteiger partial charge is 0.496 e. The van der Waals surface area contributed by atoms with Gasteiger partial charge in [-0.15, -0.1) is 0 Å². The number of hydrogen-bond donors (Lipinski definition) is 1. The second-order valence-electron chi connectivity index (χ2n) is 6.57. The van der Waals surface area contributed by atoms with Crippen molar-refractivity contribution in [1.82, 2.24) is 4.90 Å². The standard InChI is InChI=1S/C22H26N2O3/c1-15-9-11-20(27-5)18(13-15)10-12-22(26)24(4)14-21(25)23-19-8-6-7-16(2)17(19)3/h6-13H,14H2,1-5H3,(H,23,25)/b12-10+. The SMILES string of the molecule is COc1ccc(C)cc1/C=C/C(=O)N(C)CC(=O)Nc1cccc(C)c1C. The van der Waals surface area contributed by atoms with Crippen LogP contribution in [-0.4, -0.2) is 37.4 Å². The Morgan fingerprint density at radius 2 is 1.89 bits per heavy atom. The average Bonchev–Trinajstić information content (AvgIpc) is 2.63. The summed E-state index contributed by atoms with van der Waals surface area (Å²) >= 11 is 0. The van der Waals surface area contributed by atoms with E-state index in [1.807, 2.05) is 57.2 Å². The van der Waals surface area contributed by atoms with Crippen molar-refractivity contribution in [3.8, 4) is 5.75 Å². The van der Waals surface area contributed by atoms with Gasteiger partial charge >= 0.3 is 0 Å². The molecule has 2 amide bonds. The molecule has 0 saturated heterocycles. The minimum atomic E-state index is -0.255. The first kappa shape index (κ1) is 20.2. The lowest BCUT2D eigenvalue weighted by molar-refractivity contribution is -0.129. The summed E-state index contributed by atoms with van der Waals surface area (Å²) in [6.45, 7) is 5.90. The number of aryl methyl sites for hydroxylation is 2. The van der Waals surface area contributed by atoms with Gasteiger partial charge in [-0.2, -0.15) is 0 Å². The van der Waals surface area contributed by atoms with Crippen LogP contribution in [-0.2, 0) is 9.59 Å². The Morgan fingerprint density at radius 1 is 1.15 bits per heavy atom. The van der Waals surface area contributed by atoms with Crippen LogP contribution < -0.4 is 10.1 Å². The maximum Gasteiger partial charge on any atom is 0.246 e. The summed E-state index contributed by atoms with van der Waals surface area (Å²) < 4.78 is 5.30. The fraction of sp³-hybridized carbons (Fsp3) is 0.273. The highest BCUT2D eigenvalue weighted by atomic mass is 16.5. The number of carbonyl (C=O) groups excluding carboxylic acids is 2. The zero-order chi connectivity index (χ0) is 20.0. The first-order chi connectivity index (χ1) is 12.8. The van der Waals surface area contributed by atoms with Gasteiger partial charge in [-0.25, -0.2) is 0 Å². The summed E-state index contributed by atoms with van der Waals surface area (Å²) in [6.07, 6.45) is 3.15. The van der Waals surface area contributed by atoms with E-state index in [9.17, 15) is 9.59 Å². The maximum atomic E-state index is 12.3. The van der Waals surface area contributed by atoms with Crippen LogP contribution in [0.5, 0.6) is 5.75 Å². The lowest BCUT2D eigenvalue weighted by Gasteiger charge is -2.16. The van der Waals surface area contributed by atoms with Gasteiger partial charge in [0.05, 0.1) is 13.7 Å². The maximum absolute atomic E-state index is 12.3. The molecule has 142 valence electrons. The second kappa shape index (κ2) is 9.03. The van der Waals surface area contributed by atoms with Crippen molar-refractivity contribution in [2.24, 2.45) is 0 Å². The molecular weight excluding hydrogens is 340 g/mol. The van der Waals surface area contributed by atoms with Gasteiger partial charge in [0.2, 0.25) is 11.8 Å². The topological polar surface area (TPSA) is 58.6 Å². The number of amides is 2. The molecule has 0 aliphatic rings. The van der Waals surface area contributed by atoms with Crippen LogP contribution in [0.1, 0.15) is 22.3 Å². The number of carbonyl (C=O) groups is 2. The first-order valence-electron chi connectivity index (χ1n) is 8.75. The van der Waals surface area contributed by atoms with E-state index in [4.69, 9.17) is 4.74 Å². The number of rotatable bonds is 6. The van der Waals surface area contributed by atoms with E-state index >= 15 is 0 Å². The molecule has 2 aromatic carbocycles. The summed E-state index contributed by atoms with van der Waals surface area (Å²) in [4.78, 5) is 26.0. The van der Waals surface area contributed by atoms with Gasteiger partial charge in [-0.3, -0.25) is 9.59 Å². The quantitative estimate of drug-likeness (QED) is 0.793. The molecule has 0 aromatic heterocycles. The Kier molecular flexibility index (Phi) is 6.77. The van der Waals surface area contributed by atoms with Crippen LogP contribution in [0.25, 0.3) is 6.08 Å². The van der Waals surface area contributed by atoms with Gasteiger partial charge in [0, 0.05) is 24.4 Å². The van der Waals surface area contributed by atoms with Gasteiger partial charge in [0.1, 0.15) is 5.75 Å². The zero-order valence-corrected chi connectivity index (χ0v) is 16.5. The number of nitrogens with zero attached hydrogens (tertiary/aromatic N) is 1. The van der Waals surface area contributed by atoms with Crippen LogP contribution in [0.3, 0.4) is 0 Å². The third kappa shape index (κ3) is 5.45. The van der Waals surface area contributed by atoms with Crippen molar-refractivity contribution in [2.75, 3.05) is 26.0 Å². The number of anilines is 1. The Balaban J connectivity index is 2.00. The third-order valence-electron chi connectivity index (χ3n) is 4.43. The van der Waals surface area contributed by atoms with Crippen LogP contribution in [0.2, 0.25) is 0 Å². The highest BCUT2D eigenvalue weighted by molar-refractivity contribution is 5.98. The predicted molar refractivity (Wildman–Crippen MR) is 109 cm³/mol. The summed E-state index contributed by atoms with van der Waals surface area (Å²) in [5, 5.41) is 2.86. The number of likely N-dealkylation sites (N-methyl/N-ethyl adjacent to an activating group) is 1. The van der Waals surface area contributed by atoms with E-state index < -0.39 is 0 Å². The second-order valence-corrected chi connectivity index (χ2v) is 6.57. The van der Waals surface area contributed by atoms with E-state index in [2.05, 4.69) is 5.32 Å². The molecule has 0 unspecified atom stereocenters. The smallest absolute Gasteiger partial charge is 0.246 e. The lowest BCUT2D eigenvalue weighted by Crippen LogP contribution is -2.34. The molecule has 0 saturated carbocycles. The van der Waals surface area contributed by atoms with Gasteiger partial charge in [0.25, 0.3) is 0 Å². The minimum absolute atomic E-state index is 0.0263. The van der Waals surface area contributed by atoms with Crippen LogP contribution in [0.15, 0.2) is 42.5 Å². The van der Waals surface area contributed by atoms with Crippen molar-refractivity contribution in [1.29, 1.82) is 0 Å². The Bertz CT molecular complexity index is 872. The molecule has 0 aliphatic heterocycles. The molecule has 2 rings (SSSR count). The molecule has 0 atom stereocenters. The lowest BCUT2D eigenvalue weighted by atomic mass is 10.1. The molecule has 0 fully saturated rings. The molecule has 0 radical (unpaired) electrons. The number of hydrogen-bond acceptors (Lipinski definition) is 3. The highest BCUT2D eigenvalue weighted by Gasteiger charge is 2.12. The number of nitrogens with one attached hydrogen (secondary N) is 1. The van der Waals surface area contributed by atoms with Crippen molar-refractivity contribution in [3.63, 3.8) is 0 Å². The fourth-order valence-corrected chi connectivity index (χ4v) is 2.64. The highest BCUT2D eigenvalue weighted by Crippen LogP contribution is 2.21.